The highest BCUT2D eigenvalue weighted by atomic mass is 79.9. The summed E-state index contributed by atoms with van der Waals surface area (Å²) in [5.41, 5.74) is 6.93. The topological polar surface area (TPSA) is 12.0 Å². The fourth-order valence-corrected chi connectivity index (χ4v) is 3.43. The van der Waals surface area contributed by atoms with Crippen LogP contribution >= 0.6 is 15.9 Å². The Hall–Kier alpha value is -1.12. The third-order valence-electron chi connectivity index (χ3n) is 3.95. The van der Waals surface area contributed by atoms with Crippen molar-refractivity contribution in [2.45, 2.75) is 40.2 Å². The zero-order valence-corrected chi connectivity index (χ0v) is 14.9. The Morgan fingerprint density at radius 1 is 1.05 bits per heavy atom. The molecule has 0 radical (unpaired) electrons. The summed E-state index contributed by atoms with van der Waals surface area (Å²) in [6, 6.07) is 13.5. The average molecular weight is 346 g/mol. The largest absolute Gasteiger partial charge is 0.310 e. The summed E-state index contributed by atoms with van der Waals surface area (Å²) in [6.45, 7) is 9.75. The first kappa shape index (κ1) is 16.3. The van der Waals surface area contributed by atoms with E-state index in [9.17, 15) is 0 Å². The van der Waals surface area contributed by atoms with Gasteiger partial charge in [-0.3, -0.25) is 0 Å². The zero-order chi connectivity index (χ0) is 15.4. The van der Waals surface area contributed by atoms with E-state index in [0.717, 1.165) is 17.4 Å². The second-order valence-corrected chi connectivity index (χ2v) is 6.66. The molecule has 0 bridgehead atoms. The number of likely N-dealkylation sites (N-methyl/N-ethyl adjacent to an activating group) is 1. The van der Waals surface area contributed by atoms with Crippen LogP contribution in [0.4, 0.5) is 0 Å². The molecular formula is C19H24BrN. The lowest BCUT2D eigenvalue weighted by molar-refractivity contribution is 0.547. The molecule has 1 unspecified atom stereocenters. The summed E-state index contributed by atoms with van der Waals surface area (Å²) in [6.07, 6.45) is 1.03. The Kier molecular flexibility index (Phi) is 5.60. The van der Waals surface area contributed by atoms with Crippen LogP contribution in [0.25, 0.3) is 0 Å². The summed E-state index contributed by atoms with van der Waals surface area (Å²) < 4.78 is 1.14. The van der Waals surface area contributed by atoms with Gasteiger partial charge in [-0.2, -0.15) is 0 Å². The van der Waals surface area contributed by atoms with Crippen molar-refractivity contribution in [1.82, 2.24) is 5.32 Å². The molecule has 112 valence electrons. The lowest BCUT2D eigenvalue weighted by atomic mass is 9.91. The maximum Gasteiger partial charge on any atom is 0.0361 e. The van der Waals surface area contributed by atoms with E-state index < -0.39 is 0 Å². The predicted octanol–water partition coefficient (Wildman–Crippen LogP) is 5.27. The molecule has 21 heavy (non-hydrogen) atoms. The summed E-state index contributed by atoms with van der Waals surface area (Å²) in [5.74, 6) is 0. The fourth-order valence-electron chi connectivity index (χ4n) is 3.01. The van der Waals surface area contributed by atoms with Gasteiger partial charge in [0.05, 0.1) is 0 Å². The van der Waals surface area contributed by atoms with Crippen LogP contribution in [-0.2, 0) is 6.42 Å². The van der Waals surface area contributed by atoms with Gasteiger partial charge in [-0.05, 0) is 68.1 Å². The van der Waals surface area contributed by atoms with E-state index in [0.29, 0.717) is 6.04 Å². The molecule has 0 heterocycles. The van der Waals surface area contributed by atoms with Crippen LogP contribution in [0.15, 0.2) is 40.9 Å². The molecule has 0 saturated heterocycles. The predicted molar refractivity (Wildman–Crippen MR) is 94.9 cm³/mol. The van der Waals surface area contributed by atoms with E-state index in [1.807, 2.05) is 0 Å². The van der Waals surface area contributed by atoms with Gasteiger partial charge in [-0.15, -0.1) is 0 Å². The Balaban J connectivity index is 2.33. The summed E-state index contributed by atoms with van der Waals surface area (Å²) >= 11 is 3.58. The van der Waals surface area contributed by atoms with Gasteiger partial charge < -0.3 is 5.32 Å². The molecule has 1 N–H and O–H groups in total. The minimum Gasteiger partial charge on any atom is -0.310 e. The standard InChI is InChI=1S/C19H24BrN/c1-5-21-19(16-7-6-8-17(20)11-16)12-18-14(3)9-13(2)10-15(18)4/h6-11,19,21H,5,12H2,1-4H3. The van der Waals surface area contributed by atoms with Crippen molar-refractivity contribution in [2.24, 2.45) is 0 Å². The SMILES string of the molecule is CCNC(Cc1c(C)cc(C)cc1C)c1cccc(Br)c1. The minimum absolute atomic E-state index is 0.354. The van der Waals surface area contributed by atoms with Crippen LogP contribution in [0.3, 0.4) is 0 Å². The van der Waals surface area contributed by atoms with Gasteiger partial charge in [0.2, 0.25) is 0 Å². The Labute approximate surface area is 136 Å². The number of hydrogen-bond donors (Lipinski definition) is 1. The van der Waals surface area contributed by atoms with Crippen molar-refractivity contribution < 1.29 is 0 Å². The molecule has 2 rings (SSSR count). The molecule has 2 aromatic carbocycles. The minimum atomic E-state index is 0.354. The monoisotopic (exact) mass is 345 g/mol. The van der Waals surface area contributed by atoms with E-state index in [2.05, 4.69) is 85.3 Å². The zero-order valence-electron chi connectivity index (χ0n) is 13.3. The molecule has 0 saturated carbocycles. The molecule has 0 aliphatic rings. The molecular weight excluding hydrogens is 322 g/mol. The molecule has 1 atom stereocenters. The summed E-state index contributed by atoms with van der Waals surface area (Å²) in [5, 5.41) is 3.62. The van der Waals surface area contributed by atoms with Crippen LogP contribution < -0.4 is 5.32 Å². The summed E-state index contributed by atoms with van der Waals surface area (Å²) in [4.78, 5) is 0. The Bertz CT molecular complexity index is 596. The van der Waals surface area contributed by atoms with Crippen molar-refractivity contribution >= 4 is 15.9 Å². The first-order chi connectivity index (χ1) is 10.0. The number of hydrogen-bond acceptors (Lipinski definition) is 1. The molecule has 1 nitrogen and oxygen atoms in total. The van der Waals surface area contributed by atoms with E-state index in [-0.39, 0.29) is 0 Å². The summed E-state index contributed by atoms with van der Waals surface area (Å²) in [7, 11) is 0. The number of nitrogens with one attached hydrogen (secondary N) is 1. The number of benzene rings is 2. The second kappa shape index (κ2) is 7.24. The molecule has 0 aromatic heterocycles. The van der Waals surface area contributed by atoms with Gasteiger partial charge >= 0.3 is 0 Å². The van der Waals surface area contributed by atoms with Gasteiger partial charge in [-0.25, -0.2) is 0 Å². The maximum absolute atomic E-state index is 3.62. The van der Waals surface area contributed by atoms with Crippen molar-refractivity contribution in [3.05, 3.63) is 68.7 Å². The third-order valence-corrected chi connectivity index (χ3v) is 4.44. The molecule has 0 fully saturated rings. The highest BCUT2D eigenvalue weighted by Crippen LogP contribution is 2.25. The van der Waals surface area contributed by atoms with Crippen LogP contribution in [0.5, 0.6) is 0 Å². The first-order valence-corrected chi connectivity index (χ1v) is 8.36. The highest BCUT2D eigenvalue weighted by Gasteiger charge is 2.14. The van der Waals surface area contributed by atoms with Crippen LogP contribution in [0, 0.1) is 20.8 Å². The van der Waals surface area contributed by atoms with Gasteiger partial charge in [-0.1, -0.05) is 52.7 Å². The van der Waals surface area contributed by atoms with Gasteiger partial charge in [0, 0.05) is 10.5 Å². The average Bonchev–Trinajstić information content (AvgIpc) is 2.41. The molecule has 0 aliphatic carbocycles. The molecule has 2 heteroatoms. The molecule has 2 aromatic rings. The van der Waals surface area contributed by atoms with Crippen molar-refractivity contribution in [1.29, 1.82) is 0 Å². The number of aryl methyl sites for hydroxylation is 3. The number of rotatable bonds is 5. The van der Waals surface area contributed by atoms with Crippen LogP contribution in [-0.4, -0.2) is 6.54 Å². The third kappa shape index (κ3) is 4.18. The van der Waals surface area contributed by atoms with Crippen molar-refractivity contribution in [3.8, 4) is 0 Å². The highest BCUT2D eigenvalue weighted by molar-refractivity contribution is 9.10. The maximum atomic E-state index is 3.62. The Morgan fingerprint density at radius 2 is 1.71 bits per heavy atom. The smallest absolute Gasteiger partial charge is 0.0361 e. The van der Waals surface area contributed by atoms with E-state index in [1.54, 1.807) is 0 Å². The van der Waals surface area contributed by atoms with E-state index in [4.69, 9.17) is 0 Å². The number of halogens is 1. The van der Waals surface area contributed by atoms with Crippen molar-refractivity contribution in [2.75, 3.05) is 6.54 Å². The quantitative estimate of drug-likeness (QED) is 0.778. The van der Waals surface area contributed by atoms with E-state index >= 15 is 0 Å². The molecule has 0 amide bonds. The lowest BCUT2D eigenvalue weighted by Gasteiger charge is -2.21. The molecule has 0 aliphatic heterocycles. The molecule has 0 spiro atoms. The fraction of sp³-hybridized carbons (Fsp3) is 0.368. The van der Waals surface area contributed by atoms with Crippen molar-refractivity contribution in [3.63, 3.8) is 0 Å². The van der Waals surface area contributed by atoms with Crippen LogP contribution in [0.1, 0.15) is 40.8 Å². The second-order valence-electron chi connectivity index (χ2n) is 5.75. The van der Waals surface area contributed by atoms with E-state index in [1.165, 1.54) is 27.8 Å². The first-order valence-electron chi connectivity index (χ1n) is 7.56. The van der Waals surface area contributed by atoms with Gasteiger partial charge in [0.15, 0.2) is 0 Å². The van der Waals surface area contributed by atoms with Gasteiger partial charge in [0.25, 0.3) is 0 Å². The van der Waals surface area contributed by atoms with Crippen LogP contribution in [0.2, 0.25) is 0 Å². The lowest BCUT2D eigenvalue weighted by Crippen LogP contribution is -2.23. The van der Waals surface area contributed by atoms with Gasteiger partial charge in [0.1, 0.15) is 0 Å². The normalized spacial score (nSPS) is 12.4. The Morgan fingerprint density at radius 3 is 2.29 bits per heavy atom.